The van der Waals surface area contributed by atoms with Gasteiger partial charge in [-0.3, -0.25) is 0 Å². The third-order valence-electron chi connectivity index (χ3n) is 15.9. The average molecular weight is 1020 g/mol. The molecule has 0 saturated carbocycles. The van der Waals surface area contributed by atoms with Crippen LogP contribution in [0.1, 0.15) is 0 Å². The van der Waals surface area contributed by atoms with Crippen molar-refractivity contribution in [2.45, 2.75) is 0 Å². The Morgan fingerprint density at radius 3 is 0.637 bits per heavy atom. The van der Waals surface area contributed by atoms with Gasteiger partial charge in [-0.2, -0.15) is 0 Å². The normalized spacial score (nSPS) is 11.2. The van der Waals surface area contributed by atoms with Gasteiger partial charge in [0.15, 0.2) is 0 Å². The molecule has 0 fully saturated rings. The predicted octanol–water partition coefficient (Wildman–Crippen LogP) is 22.9. The van der Waals surface area contributed by atoms with Gasteiger partial charge in [0, 0.05) is 0 Å². The van der Waals surface area contributed by atoms with Crippen molar-refractivity contribution in [2.75, 3.05) is 0 Å². The molecule has 18 aromatic rings. The van der Waals surface area contributed by atoms with Crippen LogP contribution in [0.5, 0.6) is 0 Å². The predicted molar refractivity (Wildman–Crippen MR) is 351 cm³/mol. The van der Waals surface area contributed by atoms with Crippen LogP contribution in [0.25, 0.3) is 140 Å². The molecule has 0 atom stereocenters. The van der Waals surface area contributed by atoms with Gasteiger partial charge in [0.1, 0.15) is 0 Å². The minimum atomic E-state index is 1.31. The molecule has 80 heavy (non-hydrogen) atoms. The van der Waals surface area contributed by atoms with Crippen molar-refractivity contribution in [1.29, 1.82) is 0 Å². The molecular weight excluding hydrogens is 961 g/mol. The first-order valence-electron chi connectivity index (χ1n) is 27.6. The summed E-state index contributed by atoms with van der Waals surface area (Å²) in [5, 5.41) is 34.6. The summed E-state index contributed by atoms with van der Waals surface area (Å²) in [6.45, 7) is 0. The summed E-state index contributed by atoms with van der Waals surface area (Å²) in [5.41, 5.74) is 0. The van der Waals surface area contributed by atoms with E-state index in [1.54, 1.807) is 0 Å². The molecule has 0 nitrogen and oxygen atoms in total. The van der Waals surface area contributed by atoms with E-state index in [1.807, 2.05) is 0 Å². The molecule has 18 aromatic carbocycles. The summed E-state index contributed by atoms with van der Waals surface area (Å²) in [6, 6.07) is 117. The van der Waals surface area contributed by atoms with Gasteiger partial charge >= 0.3 is 0 Å². The third-order valence-corrected chi connectivity index (χ3v) is 15.9. The van der Waals surface area contributed by atoms with Crippen molar-refractivity contribution in [2.24, 2.45) is 0 Å². The zero-order valence-corrected chi connectivity index (χ0v) is 44.2. The fourth-order valence-electron chi connectivity index (χ4n) is 12.0. The SMILES string of the molecule is c1cc2ccc3cccc4ccc(c1)c2c34.c1ccc2c(c1)ccc1ccc3ccccc3c12.c1ccc2c(c1)ccc1ccccc12.c1ccc2cc3c(ccc4ccccc43)cc2c1.c1ccc2cc3ccccc3cc2c1. The second kappa shape index (κ2) is 21.2. The fourth-order valence-corrected chi connectivity index (χ4v) is 12.0. The summed E-state index contributed by atoms with van der Waals surface area (Å²) >= 11 is 0. The van der Waals surface area contributed by atoms with Crippen LogP contribution in [-0.2, 0) is 0 Å². The number of hydrogen-bond donors (Lipinski definition) is 0. The third kappa shape index (κ3) is 9.30. The highest BCUT2D eigenvalue weighted by Gasteiger charge is 2.08. The molecule has 0 aliphatic heterocycles. The highest BCUT2D eigenvalue weighted by atomic mass is 14.1. The van der Waals surface area contributed by atoms with E-state index in [9.17, 15) is 0 Å². The van der Waals surface area contributed by atoms with Crippen molar-refractivity contribution in [1.82, 2.24) is 0 Å². The minimum absolute atomic E-state index is 1.31. The quantitative estimate of drug-likeness (QED) is 0.105. The number of hydrogen-bond acceptors (Lipinski definition) is 0. The Kier molecular flexibility index (Phi) is 12.7. The Morgan fingerprint density at radius 1 is 0.100 bits per heavy atom. The molecule has 374 valence electrons. The van der Waals surface area contributed by atoms with Crippen LogP contribution in [0, 0.1) is 0 Å². The summed E-state index contributed by atoms with van der Waals surface area (Å²) in [4.78, 5) is 0. The Labute approximate surface area is 465 Å². The lowest BCUT2D eigenvalue weighted by Crippen LogP contribution is -1.82. The van der Waals surface area contributed by atoms with E-state index in [4.69, 9.17) is 0 Å². The fraction of sp³-hybridized carbons (Fsp3) is 0. The second-order valence-corrected chi connectivity index (χ2v) is 20.7. The Balaban J connectivity index is 0.0000000905. The van der Waals surface area contributed by atoms with Gasteiger partial charge in [-0.05, 0) is 164 Å². The van der Waals surface area contributed by atoms with Crippen LogP contribution in [0.3, 0.4) is 0 Å². The zero-order valence-electron chi connectivity index (χ0n) is 44.2. The van der Waals surface area contributed by atoms with Gasteiger partial charge < -0.3 is 0 Å². The maximum atomic E-state index is 2.30. The van der Waals surface area contributed by atoms with Crippen LogP contribution in [-0.4, -0.2) is 0 Å². The van der Waals surface area contributed by atoms with E-state index < -0.39 is 0 Å². The molecule has 0 saturated heterocycles. The molecule has 0 N–H and O–H groups in total. The van der Waals surface area contributed by atoms with Crippen molar-refractivity contribution in [3.05, 3.63) is 328 Å². The van der Waals surface area contributed by atoms with E-state index >= 15 is 0 Å². The maximum Gasteiger partial charge on any atom is -0.00268 e. The highest BCUT2D eigenvalue weighted by molar-refractivity contribution is 6.23. The van der Waals surface area contributed by atoms with E-state index in [1.165, 1.54) is 140 Å². The molecule has 18 rings (SSSR count). The highest BCUT2D eigenvalue weighted by Crippen LogP contribution is 2.35. The first kappa shape index (κ1) is 48.0. The number of rotatable bonds is 0. The first-order chi connectivity index (χ1) is 39.7. The Morgan fingerprint density at radius 2 is 0.300 bits per heavy atom. The smallest absolute Gasteiger partial charge is 0.00268 e. The summed E-state index contributed by atoms with van der Waals surface area (Å²) in [7, 11) is 0. The van der Waals surface area contributed by atoms with Crippen LogP contribution < -0.4 is 0 Å². The van der Waals surface area contributed by atoms with Crippen molar-refractivity contribution >= 4 is 140 Å². The van der Waals surface area contributed by atoms with Gasteiger partial charge in [-0.25, -0.2) is 0 Å². The summed E-state index contributed by atoms with van der Waals surface area (Å²) < 4.78 is 0. The maximum absolute atomic E-state index is 2.30. The Hall–Kier alpha value is -10.4. The number of benzene rings is 18. The molecule has 0 radical (unpaired) electrons. The van der Waals surface area contributed by atoms with Gasteiger partial charge in [-0.1, -0.05) is 303 Å². The van der Waals surface area contributed by atoms with Gasteiger partial charge in [0.25, 0.3) is 0 Å². The van der Waals surface area contributed by atoms with E-state index in [2.05, 4.69) is 328 Å². The van der Waals surface area contributed by atoms with Gasteiger partial charge in [0.2, 0.25) is 0 Å². The molecule has 0 unspecified atom stereocenters. The monoisotopic (exact) mass is 1010 g/mol. The average Bonchev–Trinajstić information content (AvgIpc) is 3.66. The lowest BCUT2D eigenvalue weighted by molar-refractivity contribution is 1.76. The van der Waals surface area contributed by atoms with E-state index in [0.29, 0.717) is 0 Å². The van der Waals surface area contributed by atoms with Gasteiger partial charge in [0.05, 0.1) is 0 Å². The Bertz CT molecular complexity index is 4860. The van der Waals surface area contributed by atoms with Crippen molar-refractivity contribution in [3.8, 4) is 0 Å². The van der Waals surface area contributed by atoms with E-state index in [0.717, 1.165) is 0 Å². The van der Waals surface area contributed by atoms with Crippen molar-refractivity contribution in [3.63, 3.8) is 0 Å². The molecule has 0 aliphatic rings. The molecule has 0 bridgehead atoms. The second-order valence-electron chi connectivity index (χ2n) is 20.7. The van der Waals surface area contributed by atoms with Crippen molar-refractivity contribution < 1.29 is 0 Å². The first-order valence-corrected chi connectivity index (χ1v) is 27.6. The minimum Gasteiger partial charge on any atom is -0.0616 e. The van der Waals surface area contributed by atoms with Crippen LogP contribution in [0.4, 0.5) is 0 Å². The molecule has 0 aliphatic carbocycles. The topological polar surface area (TPSA) is 0 Å². The lowest BCUT2D eigenvalue weighted by Gasteiger charge is -2.09. The number of fused-ring (bicyclic) bond motifs is 14. The summed E-state index contributed by atoms with van der Waals surface area (Å²) in [6.07, 6.45) is 0. The molecule has 0 amide bonds. The molecule has 0 heterocycles. The van der Waals surface area contributed by atoms with Crippen LogP contribution >= 0.6 is 0 Å². The molecular formula is C80H54. The zero-order chi connectivity index (χ0) is 53.2. The van der Waals surface area contributed by atoms with E-state index in [-0.39, 0.29) is 0 Å². The standard InChI is InChI=1S/2C18H12.C16H10.2C14H10/c1-3-7-16-13(5-1)9-11-15-12-10-14-6-2-4-8-17(14)18(15)16;1-2-7-15-12-18-16(11-14(15)6-1)10-9-13-5-3-4-8-17(13)18;1-3-11-7-9-13-5-2-6-14-10-8-12(4-1)15(11)16(13)14;1-3-7-13-11(5-1)9-10-12-6-2-4-8-14(12)13;1-2-6-12-10-14-8-4-3-7-13(14)9-11(12)5-1/h2*1-12H;1-10H;2*1-10H. The van der Waals surface area contributed by atoms with Crippen LogP contribution in [0.15, 0.2) is 328 Å². The largest absolute Gasteiger partial charge is 0.0616 e. The molecule has 0 spiro atoms. The van der Waals surface area contributed by atoms with Gasteiger partial charge in [-0.15, -0.1) is 0 Å². The summed E-state index contributed by atoms with van der Waals surface area (Å²) in [5.74, 6) is 0. The lowest BCUT2D eigenvalue weighted by atomic mass is 9.95. The molecule has 0 heteroatoms. The molecule has 0 aromatic heterocycles. The van der Waals surface area contributed by atoms with Crippen LogP contribution in [0.2, 0.25) is 0 Å².